The SMILES string of the molecule is Cc1ccc(CN2C[C@H]3[C@@H](CNS(=O)(=O)c4ccccc4)CO[C@H]3C2)o1. The molecular weight excluding hydrogens is 352 g/mol. The molecular formula is C19H24N2O4S. The van der Waals surface area contributed by atoms with Gasteiger partial charge >= 0.3 is 0 Å². The second-order valence-electron chi connectivity index (χ2n) is 7.17. The van der Waals surface area contributed by atoms with E-state index in [9.17, 15) is 8.42 Å². The Balaban J connectivity index is 1.34. The van der Waals surface area contributed by atoms with Gasteiger partial charge in [-0.2, -0.15) is 0 Å². The number of sulfonamides is 1. The molecule has 26 heavy (non-hydrogen) atoms. The number of furan rings is 1. The zero-order chi connectivity index (χ0) is 18.1. The molecule has 2 saturated heterocycles. The van der Waals surface area contributed by atoms with E-state index in [1.807, 2.05) is 25.1 Å². The molecule has 0 spiro atoms. The summed E-state index contributed by atoms with van der Waals surface area (Å²) in [6.45, 7) is 5.51. The molecule has 4 rings (SSSR count). The Morgan fingerprint density at radius 2 is 1.96 bits per heavy atom. The van der Waals surface area contributed by atoms with Crippen LogP contribution < -0.4 is 4.72 Å². The van der Waals surface area contributed by atoms with Gasteiger partial charge in [0.15, 0.2) is 0 Å². The van der Waals surface area contributed by atoms with Crippen LogP contribution in [0.4, 0.5) is 0 Å². The fourth-order valence-electron chi connectivity index (χ4n) is 3.91. The molecule has 1 aromatic heterocycles. The van der Waals surface area contributed by atoms with Gasteiger partial charge in [-0.1, -0.05) is 18.2 Å². The largest absolute Gasteiger partial charge is 0.465 e. The smallest absolute Gasteiger partial charge is 0.240 e. The summed E-state index contributed by atoms with van der Waals surface area (Å²) >= 11 is 0. The molecule has 1 aromatic carbocycles. The van der Waals surface area contributed by atoms with Crippen molar-refractivity contribution in [2.45, 2.75) is 24.5 Å². The molecule has 2 aliphatic rings. The van der Waals surface area contributed by atoms with Crippen molar-refractivity contribution in [3.8, 4) is 0 Å². The highest BCUT2D eigenvalue weighted by molar-refractivity contribution is 7.89. The van der Waals surface area contributed by atoms with E-state index in [1.165, 1.54) is 0 Å². The predicted octanol–water partition coefficient (Wildman–Crippen LogP) is 2.01. The number of fused-ring (bicyclic) bond motifs is 1. The topological polar surface area (TPSA) is 71.8 Å². The van der Waals surface area contributed by atoms with Crippen LogP contribution in [0.5, 0.6) is 0 Å². The van der Waals surface area contributed by atoms with Gasteiger partial charge in [-0.15, -0.1) is 0 Å². The molecule has 0 aliphatic carbocycles. The monoisotopic (exact) mass is 376 g/mol. The fraction of sp³-hybridized carbons (Fsp3) is 0.474. The van der Waals surface area contributed by atoms with Crippen molar-refractivity contribution in [1.29, 1.82) is 0 Å². The van der Waals surface area contributed by atoms with Crippen molar-refractivity contribution in [3.63, 3.8) is 0 Å². The molecule has 3 heterocycles. The summed E-state index contributed by atoms with van der Waals surface area (Å²) in [5, 5.41) is 0. The van der Waals surface area contributed by atoms with Crippen molar-refractivity contribution >= 4 is 10.0 Å². The minimum Gasteiger partial charge on any atom is -0.465 e. The summed E-state index contributed by atoms with van der Waals surface area (Å²) < 4.78 is 39.2. The number of nitrogens with one attached hydrogen (secondary N) is 1. The lowest BCUT2D eigenvalue weighted by molar-refractivity contribution is 0.0930. The van der Waals surface area contributed by atoms with Gasteiger partial charge in [0, 0.05) is 31.5 Å². The Labute approximate surface area is 154 Å². The lowest BCUT2D eigenvalue weighted by atomic mass is 9.93. The molecule has 140 valence electrons. The third-order valence-electron chi connectivity index (χ3n) is 5.28. The highest BCUT2D eigenvalue weighted by atomic mass is 32.2. The van der Waals surface area contributed by atoms with Gasteiger partial charge in [0.25, 0.3) is 0 Å². The zero-order valence-corrected chi connectivity index (χ0v) is 15.6. The Morgan fingerprint density at radius 1 is 1.15 bits per heavy atom. The summed E-state index contributed by atoms with van der Waals surface area (Å²) in [6.07, 6.45) is 0.178. The van der Waals surface area contributed by atoms with Gasteiger partial charge in [-0.25, -0.2) is 13.1 Å². The van der Waals surface area contributed by atoms with E-state index in [1.54, 1.807) is 24.3 Å². The lowest BCUT2D eigenvalue weighted by Gasteiger charge is -2.19. The summed E-state index contributed by atoms with van der Waals surface area (Å²) in [5.41, 5.74) is 0. The van der Waals surface area contributed by atoms with Crippen molar-refractivity contribution in [2.24, 2.45) is 11.8 Å². The number of rotatable bonds is 6. The van der Waals surface area contributed by atoms with Gasteiger partial charge < -0.3 is 9.15 Å². The van der Waals surface area contributed by atoms with E-state index < -0.39 is 10.0 Å². The highest BCUT2D eigenvalue weighted by Crippen LogP contribution is 2.34. The maximum Gasteiger partial charge on any atom is 0.240 e. The maximum absolute atomic E-state index is 12.4. The van der Waals surface area contributed by atoms with Crippen molar-refractivity contribution in [1.82, 2.24) is 9.62 Å². The summed E-state index contributed by atoms with van der Waals surface area (Å²) in [5.74, 6) is 2.43. The van der Waals surface area contributed by atoms with Crippen LogP contribution in [0.2, 0.25) is 0 Å². The third-order valence-corrected chi connectivity index (χ3v) is 6.72. The summed E-state index contributed by atoms with van der Waals surface area (Å²) in [6, 6.07) is 12.5. The van der Waals surface area contributed by atoms with E-state index in [0.29, 0.717) is 24.0 Å². The van der Waals surface area contributed by atoms with E-state index in [4.69, 9.17) is 9.15 Å². The second-order valence-corrected chi connectivity index (χ2v) is 8.93. The predicted molar refractivity (Wildman–Crippen MR) is 97.1 cm³/mol. The van der Waals surface area contributed by atoms with Gasteiger partial charge in [0.05, 0.1) is 24.2 Å². The maximum atomic E-state index is 12.4. The normalized spacial score (nSPS) is 26.3. The Bertz CT molecular complexity index is 849. The molecule has 0 bridgehead atoms. The standard InChI is InChI=1S/C19H24N2O4S/c1-14-7-8-16(25-14)10-21-11-18-15(13-24-19(18)12-21)9-20-26(22,23)17-5-3-2-4-6-17/h2-8,15,18-20H,9-13H2,1H3/t15-,18-,19-/m0/s1. The van der Waals surface area contributed by atoms with Crippen LogP contribution in [0.1, 0.15) is 11.5 Å². The average molecular weight is 376 g/mol. The molecule has 0 saturated carbocycles. The van der Waals surface area contributed by atoms with Gasteiger partial charge in [-0.05, 0) is 31.2 Å². The Kier molecular flexibility index (Phi) is 4.88. The second kappa shape index (κ2) is 7.15. The number of ether oxygens (including phenoxy) is 1. The van der Waals surface area contributed by atoms with Crippen molar-refractivity contribution < 1.29 is 17.6 Å². The molecule has 6 nitrogen and oxygen atoms in total. The van der Waals surface area contributed by atoms with Gasteiger partial charge in [0.2, 0.25) is 10.0 Å². The third kappa shape index (κ3) is 3.71. The zero-order valence-electron chi connectivity index (χ0n) is 14.8. The average Bonchev–Trinajstić information content (AvgIpc) is 3.31. The van der Waals surface area contributed by atoms with E-state index in [0.717, 1.165) is 31.2 Å². The number of likely N-dealkylation sites (tertiary alicyclic amines) is 1. The number of aryl methyl sites for hydroxylation is 1. The molecule has 2 aliphatic heterocycles. The molecule has 0 radical (unpaired) electrons. The molecule has 3 atom stereocenters. The fourth-order valence-corrected chi connectivity index (χ4v) is 5.03. The lowest BCUT2D eigenvalue weighted by Crippen LogP contribution is -2.34. The minimum atomic E-state index is -3.47. The first kappa shape index (κ1) is 17.7. The quantitative estimate of drug-likeness (QED) is 0.835. The Morgan fingerprint density at radius 3 is 2.69 bits per heavy atom. The van der Waals surface area contributed by atoms with Crippen molar-refractivity contribution in [2.75, 3.05) is 26.2 Å². The van der Waals surface area contributed by atoms with Gasteiger partial charge in [0.1, 0.15) is 11.5 Å². The molecule has 7 heteroatoms. The van der Waals surface area contributed by atoms with E-state index in [-0.39, 0.29) is 12.0 Å². The highest BCUT2D eigenvalue weighted by Gasteiger charge is 2.44. The van der Waals surface area contributed by atoms with Gasteiger partial charge in [-0.3, -0.25) is 4.90 Å². The number of hydrogen-bond acceptors (Lipinski definition) is 5. The Hall–Kier alpha value is -1.67. The number of nitrogens with zero attached hydrogens (tertiary/aromatic N) is 1. The van der Waals surface area contributed by atoms with Crippen molar-refractivity contribution in [3.05, 3.63) is 54.0 Å². The van der Waals surface area contributed by atoms with Crippen LogP contribution in [0.25, 0.3) is 0 Å². The van der Waals surface area contributed by atoms with Crippen LogP contribution in [-0.2, 0) is 21.3 Å². The van der Waals surface area contributed by atoms with Crippen LogP contribution in [-0.4, -0.2) is 45.7 Å². The first-order chi connectivity index (χ1) is 12.5. The van der Waals surface area contributed by atoms with Crippen LogP contribution in [0.15, 0.2) is 51.8 Å². The number of hydrogen-bond donors (Lipinski definition) is 1. The molecule has 0 unspecified atom stereocenters. The molecule has 2 fully saturated rings. The first-order valence-corrected chi connectivity index (χ1v) is 10.4. The van der Waals surface area contributed by atoms with E-state index in [2.05, 4.69) is 9.62 Å². The molecule has 0 amide bonds. The van der Waals surface area contributed by atoms with Crippen LogP contribution in [0, 0.1) is 18.8 Å². The summed E-state index contributed by atoms with van der Waals surface area (Å²) in [7, 11) is -3.47. The summed E-state index contributed by atoms with van der Waals surface area (Å²) in [4.78, 5) is 2.63. The van der Waals surface area contributed by atoms with Crippen LogP contribution >= 0.6 is 0 Å². The first-order valence-electron chi connectivity index (χ1n) is 8.95. The molecule has 2 aromatic rings. The van der Waals surface area contributed by atoms with E-state index >= 15 is 0 Å². The minimum absolute atomic E-state index is 0.178. The van der Waals surface area contributed by atoms with Crippen LogP contribution in [0.3, 0.4) is 0 Å². The molecule has 1 N–H and O–H groups in total. The number of benzene rings is 1.